The van der Waals surface area contributed by atoms with Crippen LogP contribution >= 0.6 is 11.6 Å². The minimum Gasteiger partial charge on any atom is -0.332 e. The summed E-state index contributed by atoms with van der Waals surface area (Å²) >= 11 is 5.89. The number of H-pyrrole nitrogens is 1. The molecule has 6 heteroatoms. The number of rotatable bonds is 2. The van der Waals surface area contributed by atoms with Crippen LogP contribution in [0.2, 0.25) is 5.02 Å². The number of nitrogens with one attached hydrogen (secondary N) is 2. The van der Waals surface area contributed by atoms with Crippen molar-refractivity contribution in [3.05, 3.63) is 69.0 Å². The van der Waals surface area contributed by atoms with Crippen LogP contribution in [0.5, 0.6) is 0 Å². The van der Waals surface area contributed by atoms with Gasteiger partial charge in [-0.05, 0) is 36.2 Å². The lowest BCUT2D eigenvalue weighted by Crippen LogP contribution is -2.35. The van der Waals surface area contributed by atoms with Gasteiger partial charge in [0.05, 0.1) is 10.9 Å². The number of aromatic amines is 1. The average Bonchev–Trinajstić information content (AvgIpc) is 2.82. The molecule has 2 N–H and O–H groups in total. The van der Waals surface area contributed by atoms with Crippen LogP contribution in [0.15, 0.2) is 47.3 Å². The molecular formula is C16H14ClN3O2. The highest BCUT2D eigenvalue weighted by Crippen LogP contribution is 2.14. The number of hydrogen-bond acceptors (Lipinski definition) is 2. The zero-order chi connectivity index (χ0) is 15.7. The van der Waals surface area contributed by atoms with Gasteiger partial charge in [-0.3, -0.25) is 9.89 Å². The predicted octanol–water partition coefficient (Wildman–Crippen LogP) is 3.05. The summed E-state index contributed by atoms with van der Waals surface area (Å²) in [5.41, 5.74) is 2.22. The maximum Gasteiger partial charge on any atom is 0.343 e. The Balaban J connectivity index is 1.85. The van der Waals surface area contributed by atoms with Gasteiger partial charge in [-0.15, -0.1) is 0 Å². The Morgan fingerprint density at radius 2 is 2.05 bits per heavy atom. The Labute approximate surface area is 131 Å². The van der Waals surface area contributed by atoms with Crippen LogP contribution in [-0.2, 0) is 6.54 Å². The number of nitrogens with zero attached hydrogens (tertiary/aromatic N) is 1. The van der Waals surface area contributed by atoms with Crippen LogP contribution in [0.4, 0.5) is 4.79 Å². The van der Waals surface area contributed by atoms with Crippen LogP contribution in [0, 0.1) is 6.92 Å². The molecule has 5 nitrogen and oxygen atoms in total. The van der Waals surface area contributed by atoms with E-state index in [2.05, 4.69) is 10.4 Å². The molecule has 1 aromatic heterocycles. The molecule has 0 atom stereocenters. The van der Waals surface area contributed by atoms with Crippen LogP contribution in [0.25, 0.3) is 10.9 Å². The molecule has 0 spiro atoms. The van der Waals surface area contributed by atoms with Crippen LogP contribution in [0.3, 0.4) is 0 Å². The molecule has 0 aliphatic rings. The molecule has 0 aliphatic heterocycles. The smallest absolute Gasteiger partial charge is 0.332 e. The first-order valence-corrected chi connectivity index (χ1v) is 7.17. The maximum absolute atomic E-state index is 12.2. The van der Waals surface area contributed by atoms with Crippen LogP contribution in [0.1, 0.15) is 11.1 Å². The molecule has 1 heterocycles. The second-order valence-corrected chi connectivity index (χ2v) is 5.46. The van der Waals surface area contributed by atoms with E-state index in [1.807, 2.05) is 31.2 Å². The first-order valence-electron chi connectivity index (χ1n) is 6.79. The minimum atomic E-state index is -0.499. The molecule has 0 bridgehead atoms. The van der Waals surface area contributed by atoms with Crippen molar-refractivity contribution in [2.24, 2.45) is 0 Å². The summed E-state index contributed by atoms with van der Waals surface area (Å²) in [6, 6.07) is 12.1. The lowest BCUT2D eigenvalue weighted by atomic mass is 10.1. The van der Waals surface area contributed by atoms with Crippen LogP contribution < -0.4 is 10.9 Å². The van der Waals surface area contributed by atoms with E-state index >= 15 is 0 Å². The van der Waals surface area contributed by atoms with E-state index in [1.54, 1.807) is 18.2 Å². The molecule has 0 fully saturated rings. The Morgan fingerprint density at radius 3 is 2.82 bits per heavy atom. The fraction of sp³-hybridized carbons (Fsp3) is 0.125. The molecule has 0 aliphatic carbocycles. The van der Waals surface area contributed by atoms with Crippen molar-refractivity contribution in [1.29, 1.82) is 0 Å². The summed E-state index contributed by atoms with van der Waals surface area (Å²) in [7, 11) is 0. The van der Waals surface area contributed by atoms with Gasteiger partial charge in [0.2, 0.25) is 0 Å². The van der Waals surface area contributed by atoms with E-state index in [1.165, 1.54) is 0 Å². The largest absolute Gasteiger partial charge is 0.343 e. The van der Waals surface area contributed by atoms with Gasteiger partial charge >= 0.3 is 6.03 Å². The monoisotopic (exact) mass is 315 g/mol. The van der Waals surface area contributed by atoms with Gasteiger partial charge in [0.1, 0.15) is 0 Å². The Morgan fingerprint density at radius 1 is 1.27 bits per heavy atom. The normalized spacial score (nSPS) is 10.8. The topological polar surface area (TPSA) is 66.9 Å². The van der Waals surface area contributed by atoms with Gasteiger partial charge in [-0.2, -0.15) is 4.68 Å². The second-order valence-electron chi connectivity index (χ2n) is 5.03. The lowest BCUT2D eigenvalue weighted by Gasteiger charge is -2.07. The third-order valence-corrected chi connectivity index (χ3v) is 3.78. The summed E-state index contributed by atoms with van der Waals surface area (Å²) in [5, 5.41) is 6.42. The van der Waals surface area contributed by atoms with Crippen molar-refractivity contribution in [2.45, 2.75) is 13.5 Å². The molecule has 3 aromatic rings. The highest BCUT2D eigenvalue weighted by molar-refractivity contribution is 6.31. The zero-order valence-corrected chi connectivity index (χ0v) is 12.6. The fourth-order valence-corrected chi connectivity index (χ4v) is 2.46. The van der Waals surface area contributed by atoms with E-state index in [-0.39, 0.29) is 0 Å². The summed E-state index contributed by atoms with van der Waals surface area (Å²) in [6.45, 7) is 2.33. The molecule has 0 saturated carbocycles. The van der Waals surface area contributed by atoms with Crippen molar-refractivity contribution >= 4 is 28.5 Å². The molecule has 0 saturated heterocycles. The van der Waals surface area contributed by atoms with E-state index < -0.39 is 11.6 Å². The van der Waals surface area contributed by atoms with Gasteiger partial charge in [-0.25, -0.2) is 4.79 Å². The first-order chi connectivity index (χ1) is 10.6. The lowest BCUT2D eigenvalue weighted by molar-refractivity contribution is 0.238. The third-order valence-electron chi connectivity index (χ3n) is 3.54. The molecular weight excluding hydrogens is 302 g/mol. The number of hydrogen-bond donors (Lipinski definition) is 2. The van der Waals surface area contributed by atoms with Gasteiger partial charge in [0.15, 0.2) is 0 Å². The summed E-state index contributed by atoms with van der Waals surface area (Å²) in [6.07, 6.45) is 0. The molecule has 3 rings (SSSR count). The number of aromatic nitrogens is 2. The second kappa shape index (κ2) is 5.69. The average molecular weight is 316 g/mol. The molecule has 1 amide bonds. The van der Waals surface area contributed by atoms with Crippen molar-refractivity contribution < 1.29 is 4.79 Å². The molecule has 2 aromatic carbocycles. The number of amides is 1. The minimum absolute atomic E-state index is 0.355. The molecule has 0 unspecified atom stereocenters. The highest BCUT2D eigenvalue weighted by Gasteiger charge is 2.13. The standard InChI is InChI=1S/C16H14ClN3O2/c1-10-4-2-3-5-11(10)9-18-16(22)20-15(21)13-7-6-12(17)8-14(13)19-20/h2-8,19H,9H2,1H3,(H,18,22). The van der Waals surface area contributed by atoms with Gasteiger partial charge in [-0.1, -0.05) is 35.9 Å². The summed E-state index contributed by atoms with van der Waals surface area (Å²) in [4.78, 5) is 24.4. The number of carbonyl (C=O) groups excluding carboxylic acids is 1. The third kappa shape index (κ3) is 2.63. The Kier molecular flexibility index (Phi) is 3.73. The fourth-order valence-electron chi connectivity index (χ4n) is 2.29. The first kappa shape index (κ1) is 14.4. The van der Waals surface area contributed by atoms with E-state index in [4.69, 9.17) is 11.6 Å². The van der Waals surface area contributed by atoms with Gasteiger partial charge in [0.25, 0.3) is 5.56 Å². The van der Waals surface area contributed by atoms with Crippen molar-refractivity contribution in [2.75, 3.05) is 0 Å². The maximum atomic E-state index is 12.2. The van der Waals surface area contributed by atoms with Crippen molar-refractivity contribution in [3.8, 4) is 0 Å². The van der Waals surface area contributed by atoms with Crippen molar-refractivity contribution in [1.82, 2.24) is 15.1 Å². The Bertz CT molecular complexity index is 911. The van der Waals surface area contributed by atoms with Crippen molar-refractivity contribution in [3.63, 3.8) is 0 Å². The molecule has 22 heavy (non-hydrogen) atoms. The van der Waals surface area contributed by atoms with E-state index in [0.717, 1.165) is 15.8 Å². The van der Waals surface area contributed by atoms with Gasteiger partial charge < -0.3 is 5.32 Å². The summed E-state index contributed by atoms with van der Waals surface area (Å²) in [5.74, 6) is 0. The zero-order valence-electron chi connectivity index (χ0n) is 11.9. The van der Waals surface area contributed by atoms with Crippen LogP contribution in [-0.4, -0.2) is 15.8 Å². The number of halogens is 1. The van der Waals surface area contributed by atoms with Gasteiger partial charge in [0, 0.05) is 11.6 Å². The SMILES string of the molecule is Cc1ccccc1CNC(=O)n1[nH]c2cc(Cl)ccc2c1=O. The number of aryl methyl sites for hydroxylation is 1. The summed E-state index contributed by atoms with van der Waals surface area (Å²) < 4.78 is 0.958. The molecule has 0 radical (unpaired) electrons. The quantitative estimate of drug-likeness (QED) is 0.763. The predicted molar refractivity (Wildman–Crippen MR) is 86.4 cm³/mol. The number of benzene rings is 2. The molecule has 112 valence electrons. The number of fused-ring (bicyclic) bond motifs is 1. The van der Waals surface area contributed by atoms with E-state index in [9.17, 15) is 9.59 Å². The van der Waals surface area contributed by atoms with E-state index in [0.29, 0.717) is 22.5 Å². The highest BCUT2D eigenvalue weighted by atomic mass is 35.5. The Hall–Kier alpha value is -2.53. The number of carbonyl (C=O) groups is 1.